The van der Waals surface area contributed by atoms with Crippen LogP contribution in [0.3, 0.4) is 0 Å². The van der Waals surface area contributed by atoms with E-state index in [1.807, 2.05) is 19.0 Å². The normalized spacial score (nSPS) is 22.8. The highest BCUT2D eigenvalue weighted by atomic mass is 35.5. The van der Waals surface area contributed by atoms with Gasteiger partial charge in [0.25, 0.3) is 0 Å². The van der Waals surface area contributed by atoms with Crippen LogP contribution in [0, 0.1) is 6.92 Å². The fraction of sp³-hybridized carbons (Fsp3) is 0.625. The molecular formula is C16H25ClN2O4S. The van der Waals surface area contributed by atoms with E-state index in [2.05, 4.69) is 0 Å². The number of halogens is 1. The lowest BCUT2D eigenvalue weighted by molar-refractivity contribution is 0.0291. The van der Waals surface area contributed by atoms with E-state index < -0.39 is 16.1 Å². The second kappa shape index (κ2) is 7.58. The van der Waals surface area contributed by atoms with Crippen molar-refractivity contribution in [3.63, 3.8) is 0 Å². The average Bonchev–Trinajstić information content (AvgIpc) is 2.50. The van der Waals surface area contributed by atoms with Gasteiger partial charge in [0.2, 0.25) is 10.0 Å². The second-order valence-electron chi connectivity index (χ2n) is 6.23. The fourth-order valence-corrected chi connectivity index (χ4v) is 4.80. The molecule has 2 rings (SSSR count). The van der Waals surface area contributed by atoms with Gasteiger partial charge >= 0.3 is 0 Å². The van der Waals surface area contributed by atoms with Crippen LogP contribution in [-0.4, -0.2) is 68.7 Å². The molecule has 1 heterocycles. The van der Waals surface area contributed by atoms with Crippen molar-refractivity contribution < 1.29 is 18.3 Å². The molecule has 0 aliphatic carbocycles. The Hall–Kier alpha value is -0.860. The standard InChI is InChI=1S/C16H25ClN2O4S/c1-5-23-15-8-11(2)12(17)9-16(15)24(21,22)19-7-6-13(18(3)4)14(20)10-19/h8-9,13-14,20H,5-7,10H2,1-4H3/t13-,14-/m0/s1. The van der Waals surface area contributed by atoms with Crippen LogP contribution < -0.4 is 4.74 Å². The number of hydrogen-bond acceptors (Lipinski definition) is 5. The molecule has 8 heteroatoms. The van der Waals surface area contributed by atoms with Crippen molar-refractivity contribution in [2.24, 2.45) is 0 Å². The monoisotopic (exact) mass is 376 g/mol. The third kappa shape index (κ3) is 3.86. The molecule has 1 aliphatic heterocycles. The van der Waals surface area contributed by atoms with Gasteiger partial charge in [-0.1, -0.05) is 11.6 Å². The zero-order valence-electron chi connectivity index (χ0n) is 14.5. The number of sulfonamides is 1. The first-order chi connectivity index (χ1) is 11.2. The highest BCUT2D eigenvalue weighted by Crippen LogP contribution is 2.33. The number of rotatable bonds is 5. The Bertz CT molecular complexity index is 694. The van der Waals surface area contributed by atoms with Gasteiger partial charge < -0.3 is 14.7 Å². The minimum Gasteiger partial charge on any atom is -0.492 e. The van der Waals surface area contributed by atoms with E-state index in [-0.39, 0.29) is 17.5 Å². The van der Waals surface area contributed by atoms with Crippen LogP contribution in [0.2, 0.25) is 5.02 Å². The summed E-state index contributed by atoms with van der Waals surface area (Å²) in [5.41, 5.74) is 0.755. The molecule has 0 saturated carbocycles. The molecule has 0 unspecified atom stereocenters. The summed E-state index contributed by atoms with van der Waals surface area (Å²) in [5.74, 6) is 0.295. The zero-order valence-corrected chi connectivity index (χ0v) is 16.1. The van der Waals surface area contributed by atoms with Crippen molar-refractivity contribution in [1.82, 2.24) is 9.21 Å². The highest BCUT2D eigenvalue weighted by Gasteiger charge is 2.37. The predicted molar refractivity (Wildman–Crippen MR) is 94.2 cm³/mol. The molecule has 6 nitrogen and oxygen atoms in total. The third-order valence-electron chi connectivity index (χ3n) is 4.32. The fourth-order valence-electron chi connectivity index (χ4n) is 2.96. The van der Waals surface area contributed by atoms with E-state index in [9.17, 15) is 13.5 Å². The molecular weight excluding hydrogens is 352 g/mol. The molecule has 1 aromatic rings. The van der Waals surface area contributed by atoms with Crippen LogP contribution in [0.25, 0.3) is 0 Å². The lowest BCUT2D eigenvalue weighted by Gasteiger charge is -2.38. The van der Waals surface area contributed by atoms with Crippen molar-refractivity contribution in [2.75, 3.05) is 33.8 Å². The molecule has 136 valence electrons. The van der Waals surface area contributed by atoms with Crippen molar-refractivity contribution in [3.8, 4) is 5.75 Å². The summed E-state index contributed by atoms with van der Waals surface area (Å²) in [6.45, 7) is 4.36. The van der Waals surface area contributed by atoms with E-state index in [1.54, 1.807) is 19.9 Å². The molecule has 0 aromatic heterocycles. The van der Waals surface area contributed by atoms with Gasteiger partial charge in [-0.3, -0.25) is 0 Å². The number of ether oxygens (including phenoxy) is 1. The molecule has 1 aliphatic rings. The molecule has 1 fully saturated rings. The molecule has 0 amide bonds. The van der Waals surface area contributed by atoms with Crippen LogP contribution in [-0.2, 0) is 10.0 Å². The Kier molecular flexibility index (Phi) is 6.14. The molecule has 0 bridgehead atoms. The predicted octanol–water partition coefficient (Wildman–Crippen LogP) is 1.73. The third-order valence-corrected chi connectivity index (χ3v) is 6.61. The number of β-amino-alcohol motifs (C(OH)–C–C–N with tert-alkyl or cyclic N) is 1. The van der Waals surface area contributed by atoms with Crippen LogP contribution in [0.4, 0.5) is 0 Å². The Morgan fingerprint density at radius 1 is 1.42 bits per heavy atom. The smallest absolute Gasteiger partial charge is 0.246 e. The van der Waals surface area contributed by atoms with E-state index in [0.29, 0.717) is 30.3 Å². The first-order valence-corrected chi connectivity index (χ1v) is 9.77. The topological polar surface area (TPSA) is 70.1 Å². The first-order valence-electron chi connectivity index (χ1n) is 7.96. The van der Waals surface area contributed by atoms with Gasteiger partial charge in [0.15, 0.2) is 0 Å². The minimum absolute atomic E-state index is 0.0513. The Balaban J connectivity index is 2.36. The average molecular weight is 377 g/mol. The molecule has 0 radical (unpaired) electrons. The van der Waals surface area contributed by atoms with E-state index in [0.717, 1.165) is 5.56 Å². The van der Waals surface area contributed by atoms with Gasteiger partial charge in [-0.15, -0.1) is 0 Å². The van der Waals surface area contributed by atoms with E-state index in [1.165, 1.54) is 10.4 Å². The molecule has 24 heavy (non-hydrogen) atoms. The number of aliphatic hydroxyl groups excluding tert-OH is 1. The number of aryl methyl sites for hydroxylation is 1. The van der Waals surface area contributed by atoms with Crippen LogP contribution in [0.5, 0.6) is 5.75 Å². The Morgan fingerprint density at radius 3 is 2.62 bits per heavy atom. The number of piperidine rings is 1. The van der Waals surface area contributed by atoms with Gasteiger partial charge in [-0.2, -0.15) is 4.31 Å². The van der Waals surface area contributed by atoms with Gasteiger partial charge in [0, 0.05) is 24.2 Å². The first kappa shape index (κ1) is 19.5. The maximum absolute atomic E-state index is 13.0. The van der Waals surface area contributed by atoms with Crippen molar-refractivity contribution in [1.29, 1.82) is 0 Å². The molecule has 2 atom stereocenters. The van der Waals surface area contributed by atoms with Gasteiger partial charge in [0.1, 0.15) is 10.6 Å². The van der Waals surface area contributed by atoms with Crippen molar-refractivity contribution >= 4 is 21.6 Å². The van der Waals surface area contributed by atoms with Crippen molar-refractivity contribution in [3.05, 3.63) is 22.7 Å². The SMILES string of the molecule is CCOc1cc(C)c(Cl)cc1S(=O)(=O)N1CC[C@H](N(C)C)[C@@H](O)C1. The Morgan fingerprint density at radius 2 is 2.08 bits per heavy atom. The zero-order chi connectivity index (χ0) is 18.1. The summed E-state index contributed by atoms with van der Waals surface area (Å²) >= 11 is 6.13. The summed E-state index contributed by atoms with van der Waals surface area (Å²) in [6.07, 6.45) is -0.170. The summed E-state index contributed by atoms with van der Waals surface area (Å²) < 4.78 is 32.9. The van der Waals surface area contributed by atoms with Crippen LogP contribution >= 0.6 is 11.6 Å². The molecule has 0 spiro atoms. The number of benzene rings is 1. The summed E-state index contributed by atoms with van der Waals surface area (Å²) in [5, 5.41) is 10.7. The molecule has 1 N–H and O–H groups in total. The molecule has 1 aromatic carbocycles. The quantitative estimate of drug-likeness (QED) is 0.847. The van der Waals surface area contributed by atoms with Crippen molar-refractivity contribution in [2.45, 2.75) is 37.3 Å². The van der Waals surface area contributed by atoms with Crippen LogP contribution in [0.1, 0.15) is 18.9 Å². The largest absolute Gasteiger partial charge is 0.492 e. The summed E-state index contributed by atoms with van der Waals surface area (Å²) in [4.78, 5) is 1.97. The summed E-state index contributed by atoms with van der Waals surface area (Å²) in [7, 11) is -0.0309. The lowest BCUT2D eigenvalue weighted by Crippen LogP contribution is -2.53. The maximum Gasteiger partial charge on any atom is 0.246 e. The van der Waals surface area contributed by atoms with Gasteiger partial charge in [-0.25, -0.2) is 8.42 Å². The van der Waals surface area contributed by atoms with Crippen LogP contribution in [0.15, 0.2) is 17.0 Å². The lowest BCUT2D eigenvalue weighted by atomic mass is 10.0. The van der Waals surface area contributed by atoms with E-state index >= 15 is 0 Å². The number of aliphatic hydroxyl groups is 1. The highest BCUT2D eigenvalue weighted by molar-refractivity contribution is 7.89. The second-order valence-corrected chi connectivity index (χ2v) is 8.54. The number of nitrogens with zero attached hydrogens (tertiary/aromatic N) is 2. The van der Waals surface area contributed by atoms with Gasteiger partial charge in [-0.05, 0) is 52.1 Å². The minimum atomic E-state index is -3.79. The number of likely N-dealkylation sites (N-methyl/N-ethyl adjacent to an activating group) is 1. The summed E-state index contributed by atoms with van der Waals surface area (Å²) in [6, 6.07) is 3.02. The number of hydrogen-bond donors (Lipinski definition) is 1. The van der Waals surface area contributed by atoms with E-state index in [4.69, 9.17) is 16.3 Å². The molecule has 1 saturated heterocycles. The Labute approximate surface area is 149 Å². The maximum atomic E-state index is 13.0. The van der Waals surface area contributed by atoms with Gasteiger partial charge in [0.05, 0.1) is 12.7 Å².